The number of esters is 1. The summed E-state index contributed by atoms with van der Waals surface area (Å²) < 4.78 is 4.42. The normalized spacial score (nSPS) is 9.18. The predicted octanol–water partition coefficient (Wildman–Crippen LogP) is 0.712. The van der Waals surface area contributed by atoms with Crippen LogP contribution in [-0.4, -0.2) is 29.5 Å². The van der Waals surface area contributed by atoms with Gasteiger partial charge in [-0.2, -0.15) is 5.26 Å². The zero-order valence-electron chi connectivity index (χ0n) is 8.84. The van der Waals surface area contributed by atoms with Gasteiger partial charge in [-0.05, 0) is 0 Å². The number of nitrogens with one attached hydrogen (secondary N) is 1. The van der Waals surface area contributed by atoms with Gasteiger partial charge in [0, 0.05) is 12.3 Å². The zero-order valence-corrected chi connectivity index (χ0v) is 8.84. The van der Waals surface area contributed by atoms with Crippen molar-refractivity contribution >= 4 is 17.5 Å². The first-order chi connectivity index (χ1) is 8.10. The van der Waals surface area contributed by atoms with E-state index in [9.17, 15) is 14.9 Å². The molecule has 0 bridgehead atoms. The summed E-state index contributed by atoms with van der Waals surface area (Å²) in [6, 6.07) is 2.81. The molecule has 88 valence electrons. The Morgan fingerprint density at radius 2 is 2.47 bits per heavy atom. The Bertz CT molecular complexity index is 494. The molecule has 0 aliphatic heterocycles. The summed E-state index contributed by atoms with van der Waals surface area (Å²) in [5.74, 6) is -0.781. The Hall–Kier alpha value is -2.69. The van der Waals surface area contributed by atoms with Gasteiger partial charge < -0.3 is 10.1 Å². The van der Waals surface area contributed by atoms with Crippen LogP contribution in [0.15, 0.2) is 12.3 Å². The van der Waals surface area contributed by atoms with Crippen LogP contribution in [0.5, 0.6) is 0 Å². The molecule has 0 fully saturated rings. The Labute approximate surface area is 96.0 Å². The van der Waals surface area contributed by atoms with Gasteiger partial charge >= 0.3 is 11.7 Å². The number of nitro groups is 1. The molecule has 1 rings (SSSR count). The largest absolute Gasteiger partial charge is 0.465 e. The second-order valence-corrected chi connectivity index (χ2v) is 2.85. The Morgan fingerprint density at radius 3 is 3.00 bits per heavy atom. The van der Waals surface area contributed by atoms with E-state index >= 15 is 0 Å². The second kappa shape index (κ2) is 5.41. The SMILES string of the molecule is COC(=O)c1cnc(NCC#N)c([N+](=O)[O-])c1. The average molecular weight is 236 g/mol. The van der Waals surface area contributed by atoms with Crippen LogP contribution in [0.1, 0.15) is 10.4 Å². The van der Waals surface area contributed by atoms with Crippen molar-refractivity contribution in [1.29, 1.82) is 5.26 Å². The number of aromatic nitrogens is 1. The molecule has 0 aliphatic rings. The van der Waals surface area contributed by atoms with Gasteiger partial charge in [-0.25, -0.2) is 9.78 Å². The van der Waals surface area contributed by atoms with E-state index in [0.717, 1.165) is 19.4 Å². The molecule has 0 spiro atoms. The van der Waals surface area contributed by atoms with E-state index in [1.165, 1.54) is 0 Å². The van der Waals surface area contributed by atoms with Crippen LogP contribution in [0.4, 0.5) is 11.5 Å². The van der Waals surface area contributed by atoms with Crippen LogP contribution in [0.3, 0.4) is 0 Å². The number of hydrogen-bond acceptors (Lipinski definition) is 7. The molecule has 1 aromatic rings. The van der Waals surface area contributed by atoms with Crippen LogP contribution in [0.25, 0.3) is 0 Å². The highest BCUT2D eigenvalue weighted by Gasteiger charge is 2.19. The number of anilines is 1. The maximum Gasteiger partial charge on any atom is 0.339 e. The van der Waals surface area contributed by atoms with E-state index in [1.807, 2.05) is 0 Å². The van der Waals surface area contributed by atoms with Gasteiger partial charge in [0.2, 0.25) is 5.82 Å². The third kappa shape index (κ3) is 2.88. The minimum Gasteiger partial charge on any atom is -0.465 e. The predicted molar refractivity (Wildman–Crippen MR) is 56.3 cm³/mol. The second-order valence-electron chi connectivity index (χ2n) is 2.85. The fraction of sp³-hybridized carbons (Fsp3) is 0.222. The molecule has 1 heterocycles. The third-order valence-corrected chi connectivity index (χ3v) is 1.82. The van der Waals surface area contributed by atoms with Crippen molar-refractivity contribution in [1.82, 2.24) is 4.98 Å². The first-order valence-electron chi connectivity index (χ1n) is 4.43. The van der Waals surface area contributed by atoms with E-state index in [1.54, 1.807) is 6.07 Å². The molecule has 0 unspecified atom stereocenters. The molecular weight excluding hydrogens is 228 g/mol. The number of nitrogens with zero attached hydrogens (tertiary/aromatic N) is 3. The molecule has 0 saturated carbocycles. The molecule has 0 aliphatic carbocycles. The minimum atomic E-state index is -0.715. The number of carbonyl (C=O) groups is 1. The van der Waals surface area contributed by atoms with E-state index < -0.39 is 10.9 Å². The highest BCUT2D eigenvalue weighted by molar-refractivity contribution is 5.90. The van der Waals surface area contributed by atoms with Crippen molar-refractivity contribution in [2.75, 3.05) is 19.0 Å². The molecule has 17 heavy (non-hydrogen) atoms. The van der Waals surface area contributed by atoms with Crippen molar-refractivity contribution in [2.24, 2.45) is 0 Å². The van der Waals surface area contributed by atoms with Crippen LogP contribution in [-0.2, 0) is 4.74 Å². The standard InChI is InChI=1S/C9H8N4O4/c1-17-9(14)6-4-7(13(15)16)8(12-5-6)11-3-2-10/h4-5H,3H2,1H3,(H,11,12). The van der Waals surface area contributed by atoms with Gasteiger partial charge in [0.05, 0.1) is 23.7 Å². The van der Waals surface area contributed by atoms with Crippen LogP contribution in [0.2, 0.25) is 0 Å². The highest BCUT2D eigenvalue weighted by atomic mass is 16.6. The van der Waals surface area contributed by atoms with Crippen LogP contribution < -0.4 is 5.32 Å². The maximum atomic E-state index is 11.2. The molecule has 0 radical (unpaired) electrons. The molecule has 1 aromatic heterocycles. The zero-order chi connectivity index (χ0) is 12.8. The number of hydrogen-bond donors (Lipinski definition) is 1. The maximum absolute atomic E-state index is 11.2. The van der Waals surface area contributed by atoms with Gasteiger partial charge in [-0.3, -0.25) is 10.1 Å². The smallest absolute Gasteiger partial charge is 0.339 e. The van der Waals surface area contributed by atoms with Crippen molar-refractivity contribution in [2.45, 2.75) is 0 Å². The van der Waals surface area contributed by atoms with E-state index in [0.29, 0.717) is 0 Å². The fourth-order valence-electron chi connectivity index (χ4n) is 1.08. The topological polar surface area (TPSA) is 118 Å². The average Bonchev–Trinajstić information content (AvgIpc) is 2.35. The molecule has 0 saturated heterocycles. The summed E-state index contributed by atoms with van der Waals surface area (Å²) in [4.78, 5) is 24.9. The summed E-state index contributed by atoms with van der Waals surface area (Å²) in [5, 5.41) is 21.6. The van der Waals surface area contributed by atoms with E-state index in [-0.39, 0.29) is 23.6 Å². The van der Waals surface area contributed by atoms with Gasteiger partial charge in [-0.15, -0.1) is 0 Å². The van der Waals surface area contributed by atoms with E-state index in [4.69, 9.17) is 5.26 Å². The lowest BCUT2D eigenvalue weighted by Gasteiger charge is -2.03. The fourth-order valence-corrected chi connectivity index (χ4v) is 1.08. The lowest BCUT2D eigenvalue weighted by atomic mass is 10.2. The number of rotatable bonds is 4. The van der Waals surface area contributed by atoms with E-state index in [2.05, 4.69) is 15.0 Å². The van der Waals surface area contributed by atoms with Crippen molar-refractivity contribution in [3.05, 3.63) is 27.9 Å². The first kappa shape index (κ1) is 12.4. The first-order valence-corrected chi connectivity index (χ1v) is 4.43. The quantitative estimate of drug-likeness (QED) is 0.354. The van der Waals surface area contributed by atoms with Gasteiger partial charge in [0.25, 0.3) is 0 Å². The Kier molecular flexibility index (Phi) is 3.94. The lowest BCUT2D eigenvalue weighted by Crippen LogP contribution is -2.08. The number of methoxy groups -OCH3 is 1. The van der Waals surface area contributed by atoms with Gasteiger partial charge in [0.1, 0.15) is 6.54 Å². The molecular formula is C9H8N4O4. The molecule has 0 atom stereocenters. The monoisotopic (exact) mass is 236 g/mol. The molecule has 1 N–H and O–H groups in total. The van der Waals surface area contributed by atoms with Crippen LogP contribution in [0, 0.1) is 21.4 Å². The van der Waals surface area contributed by atoms with Crippen molar-refractivity contribution in [3.8, 4) is 6.07 Å². The van der Waals surface area contributed by atoms with Crippen molar-refractivity contribution < 1.29 is 14.5 Å². The number of ether oxygens (including phenoxy) is 1. The summed E-state index contributed by atoms with van der Waals surface area (Å²) in [5.41, 5.74) is -0.412. The summed E-state index contributed by atoms with van der Waals surface area (Å²) in [6.45, 7) is -0.120. The summed E-state index contributed by atoms with van der Waals surface area (Å²) in [7, 11) is 1.16. The lowest BCUT2D eigenvalue weighted by molar-refractivity contribution is -0.384. The molecule has 0 amide bonds. The Balaban J connectivity index is 3.13. The number of carbonyl (C=O) groups excluding carboxylic acids is 1. The number of nitriles is 1. The molecule has 8 nitrogen and oxygen atoms in total. The van der Waals surface area contributed by atoms with Crippen molar-refractivity contribution in [3.63, 3.8) is 0 Å². The summed E-state index contributed by atoms with van der Waals surface area (Å²) in [6.07, 6.45) is 1.14. The Morgan fingerprint density at radius 1 is 1.76 bits per heavy atom. The van der Waals surface area contributed by atoms with Gasteiger partial charge in [-0.1, -0.05) is 0 Å². The minimum absolute atomic E-state index is 0.0262. The summed E-state index contributed by atoms with van der Waals surface area (Å²) >= 11 is 0. The highest BCUT2D eigenvalue weighted by Crippen LogP contribution is 2.22. The third-order valence-electron chi connectivity index (χ3n) is 1.82. The molecule has 8 heteroatoms. The molecule has 0 aromatic carbocycles. The van der Waals surface area contributed by atoms with Gasteiger partial charge in [0.15, 0.2) is 0 Å². The van der Waals surface area contributed by atoms with Crippen LogP contribution >= 0.6 is 0 Å². The number of pyridine rings is 1.